The minimum Gasteiger partial charge on any atom is -0.378 e. The normalized spacial score (nSPS) is 16.4. The van der Waals surface area contributed by atoms with E-state index in [-0.39, 0.29) is 11.5 Å². The third-order valence-corrected chi connectivity index (χ3v) is 6.52. The number of nitrogens with zero attached hydrogens (tertiary/aromatic N) is 1. The Kier molecular flexibility index (Phi) is 7.18. The summed E-state index contributed by atoms with van der Waals surface area (Å²) < 4.78 is 14.2. The first-order valence-corrected chi connectivity index (χ1v) is 12.0. The quantitative estimate of drug-likeness (QED) is 0.399. The van der Waals surface area contributed by atoms with Crippen molar-refractivity contribution in [1.82, 2.24) is 10.6 Å². The van der Waals surface area contributed by atoms with Gasteiger partial charge in [0.15, 0.2) is 6.10 Å². The number of rotatable bonds is 5. The molecule has 3 aromatic carbocycles. The highest BCUT2D eigenvalue weighted by molar-refractivity contribution is 14.1. The van der Waals surface area contributed by atoms with Crippen molar-refractivity contribution in [1.29, 1.82) is 0 Å². The predicted molar refractivity (Wildman–Crippen MR) is 138 cm³/mol. The Morgan fingerprint density at radius 3 is 2.40 bits per heavy atom. The number of benzene rings is 3. The highest BCUT2D eigenvalue weighted by Gasteiger charge is 2.34. The number of nitrogens with one attached hydrogen (secondary N) is 2. The van der Waals surface area contributed by atoms with Crippen molar-refractivity contribution in [3.05, 3.63) is 87.2 Å². The summed E-state index contributed by atoms with van der Waals surface area (Å²) in [6.45, 7) is 1.45. The van der Waals surface area contributed by atoms with Gasteiger partial charge in [-0.2, -0.15) is 0 Å². The molecular weight excluding hydrogens is 564 g/mol. The lowest BCUT2D eigenvalue weighted by Gasteiger charge is -2.24. The lowest BCUT2D eigenvalue weighted by Crippen LogP contribution is -2.49. The summed E-state index contributed by atoms with van der Waals surface area (Å²) in [5, 5.41) is 15.5. The van der Waals surface area contributed by atoms with Gasteiger partial charge in [0.1, 0.15) is 17.9 Å². The number of anilines is 1. The maximum absolute atomic E-state index is 13.7. The lowest BCUT2D eigenvalue weighted by atomic mass is 9.95. The number of hydrogen-bond donors (Lipinski definition) is 3. The van der Waals surface area contributed by atoms with E-state index in [0.717, 1.165) is 22.9 Å². The van der Waals surface area contributed by atoms with Gasteiger partial charge in [-0.15, -0.1) is 0 Å². The molecule has 9 heteroatoms. The lowest BCUT2D eigenvalue weighted by molar-refractivity contribution is -0.134. The molecule has 3 aromatic rings. The molecule has 0 saturated carbocycles. The molecule has 0 radical (unpaired) electrons. The molecule has 0 aliphatic carbocycles. The van der Waals surface area contributed by atoms with Gasteiger partial charge >= 0.3 is 0 Å². The Hall–Kier alpha value is -3.31. The van der Waals surface area contributed by atoms with Crippen LogP contribution < -0.4 is 15.5 Å². The van der Waals surface area contributed by atoms with Gasteiger partial charge in [0, 0.05) is 16.2 Å². The number of likely N-dealkylation sites (N-methyl/N-ethyl adjacent to an activating group) is 1. The van der Waals surface area contributed by atoms with Crippen molar-refractivity contribution in [3.8, 4) is 11.1 Å². The Bertz CT molecular complexity index is 1300. The van der Waals surface area contributed by atoms with Crippen molar-refractivity contribution >= 4 is 46.0 Å². The zero-order valence-electron chi connectivity index (χ0n) is 19.0. The van der Waals surface area contributed by atoms with Crippen LogP contribution in [0.4, 0.5) is 10.1 Å². The van der Waals surface area contributed by atoms with E-state index in [9.17, 15) is 23.9 Å². The second-order valence-electron chi connectivity index (χ2n) is 8.28. The smallest absolute Gasteiger partial charge is 0.254 e. The maximum Gasteiger partial charge on any atom is 0.254 e. The third kappa shape index (κ3) is 5.06. The van der Waals surface area contributed by atoms with E-state index in [0.29, 0.717) is 9.13 Å². The van der Waals surface area contributed by atoms with Crippen molar-refractivity contribution in [2.75, 3.05) is 11.9 Å². The molecule has 1 aliphatic rings. The summed E-state index contributed by atoms with van der Waals surface area (Å²) in [6, 6.07) is 16.6. The van der Waals surface area contributed by atoms with Crippen molar-refractivity contribution in [2.45, 2.75) is 25.1 Å². The van der Waals surface area contributed by atoms with Gasteiger partial charge in [-0.3, -0.25) is 14.4 Å². The first-order valence-electron chi connectivity index (χ1n) is 10.9. The van der Waals surface area contributed by atoms with Crippen molar-refractivity contribution < 1.29 is 23.9 Å². The highest BCUT2D eigenvalue weighted by Crippen LogP contribution is 2.39. The number of carbonyl (C=O) groups is 3. The second-order valence-corrected chi connectivity index (χ2v) is 9.52. The van der Waals surface area contributed by atoms with Gasteiger partial charge in [0.05, 0.1) is 5.69 Å². The number of para-hydroxylation sites is 1. The fourth-order valence-electron chi connectivity index (χ4n) is 4.08. The van der Waals surface area contributed by atoms with Gasteiger partial charge < -0.3 is 20.6 Å². The Balaban J connectivity index is 1.54. The first kappa shape index (κ1) is 24.8. The summed E-state index contributed by atoms with van der Waals surface area (Å²) in [7, 11) is 1.65. The molecule has 180 valence electrons. The van der Waals surface area contributed by atoms with Gasteiger partial charge in [-0.25, -0.2) is 4.39 Å². The van der Waals surface area contributed by atoms with Crippen LogP contribution in [0.3, 0.4) is 0 Å². The second kappa shape index (κ2) is 10.1. The van der Waals surface area contributed by atoms with E-state index in [4.69, 9.17) is 0 Å². The number of aliphatic hydroxyl groups is 1. The molecule has 3 amide bonds. The molecule has 4 rings (SSSR count). The van der Waals surface area contributed by atoms with Crippen LogP contribution in [-0.2, 0) is 14.4 Å². The molecule has 0 aromatic heterocycles. The van der Waals surface area contributed by atoms with Crippen LogP contribution in [0.5, 0.6) is 0 Å². The van der Waals surface area contributed by atoms with Crippen molar-refractivity contribution in [2.24, 2.45) is 0 Å². The molecule has 0 saturated heterocycles. The summed E-state index contributed by atoms with van der Waals surface area (Å²) in [6.07, 6.45) is -1.66. The minimum atomic E-state index is -1.66. The molecule has 0 unspecified atom stereocenters. The van der Waals surface area contributed by atoms with E-state index in [2.05, 4.69) is 10.6 Å². The fraction of sp³-hybridized carbons (Fsp3) is 0.192. The minimum absolute atomic E-state index is 0.0757. The number of aliphatic hydroxyl groups excluding tert-OH is 1. The largest absolute Gasteiger partial charge is 0.378 e. The van der Waals surface area contributed by atoms with Crippen LogP contribution >= 0.6 is 22.6 Å². The zero-order valence-corrected chi connectivity index (χ0v) is 21.1. The average molecular weight is 587 g/mol. The van der Waals surface area contributed by atoms with E-state index in [1.54, 1.807) is 19.2 Å². The molecule has 35 heavy (non-hydrogen) atoms. The molecule has 0 fully saturated rings. The SMILES string of the molecule is C[C@H](NC(=O)[C@@H](O)c1cc(F)cc(I)c1)C(=O)N[C@@H]1C(=O)N(C)c2ccccc2-c2ccccc21. The molecule has 1 heterocycles. The van der Waals surface area contributed by atoms with Crippen molar-refractivity contribution in [3.63, 3.8) is 0 Å². The molecule has 0 bridgehead atoms. The van der Waals surface area contributed by atoms with E-state index in [1.165, 1.54) is 24.0 Å². The molecule has 7 nitrogen and oxygen atoms in total. The standard InChI is InChI=1S/C26H23FIN3O4/c1-14(29-25(34)23(32)15-11-16(27)13-17(28)12-15)24(33)30-22-20-9-4-3-7-18(20)19-8-5-6-10-21(19)31(2)26(22)35/h3-14,22-23,32H,1-2H3,(H,29,34)(H,30,33)/t14-,22-,23-/m0/s1. The maximum atomic E-state index is 13.7. The Morgan fingerprint density at radius 2 is 1.69 bits per heavy atom. The molecule has 3 atom stereocenters. The number of amides is 3. The van der Waals surface area contributed by atoms with Gasteiger partial charge in [0.25, 0.3) is 11.8 Å². The zero-order chi connectivity index (χ0) is 25.3. The highest BCUT2D eigenvalue weighted by atomic mass is 127. The summed E-state index contributed by atoms with van der Waals surface area (Å²) in [4.78, 5) is 40.4. The number of halogens is 2. The van der Waals surface area contributed by atoms with E-state index in [1.807, 2.05) is 59.0 Å². The predicted octanol–water partition coefficient (Wildman–Crippen LogP) is 3.47. The van der Waals surface area contributed by atoms with Gasteiger partial charge in [0.2, 0.25) is 5.91 Å². The fourth-order valence-corrected chi connectivity index (χ4v) is 4.74. The number of fused-ring (bicyclic) bond motifs is 3. The third-order valence-electron chi connectivity index (χ3n) is 5.89. The topological polar surface area (TPSA) is 98.7 Å². The molecular formula is C26H23FIN3O4. The van der Waals surface area contributed by atoms with Crippen LogP contribution in [-0.4, -0.2) is 35.9 Å². The van der Waals surface area contributed by atoms with Crippen LogP contribution in [0.15, 0.2) is 66.7 Å². The van der Waals surface area contributed by atoms with Crippen LogP contribution in [0.1, 0.15) is 30.2 Å². The van der Waals surface area contributed by atoms with E-state index < -0.39 is 35.8 Å². The molecule has 0 spiro atoms. The molecule has 3 N–H and O–H groups in total. The average Bonchev–Trinajstić information content (AvgIpc) is 2.92. The monoisotopic (exact) mass is 587 g/mol. The van der Waals surface area contributed by atoms with Gasteiger partial charge in [-0.1, -0.05) is 42.5 Å². The van der Waals surface area contributed by atoms with Crippen LogP contribution in [0.2, 0.25) is 0 Å². The summed E-state index contributed by atoms with van der Waals surface area (Å²) >= 11 is 1.88. The van der Waals surface area contributed by atoms with Crippen LogP contribution in [0, 0.1) is 9.39 Å². The summed E-state index contributed by atoms with van der Waals surface area (Å²) in [5.74, 6) is -2.37. The molecule has 1 aliphatic heterocycles. The van der Waals surface area contributed by atoms with Crippen LogP contribution in [0.25, 0.3) is 11.1 Å². The number of hydrogen-bond acceptors (Lipinski definition) is 4. The summed E-state index contributed by atoms with van der Waals surface area (Å²) in [5.41, 5.74) is 3.11. The first-order chi connectivity index (χ1) is 16.7. The number of carbonyl (C=O) groups excluding carboxylic acids is 3. The van der Waals surface area contributed by atoms with Gasteiger partial charge in [-0.05, 0) is 70.5 Å². The van der Waals surface area contributed by atoms with E-state index >= 15 is 0 Å². The Labute approximate surface area is 215 Å². The Morgan fingerprint density at radius 1 is 1.03 bits per heavy atom.